The number of imidazole rings is 1. The molecule has 1 aromatic heterocycles. The molecule has 2 aromatic rings. The SMILES string of the molecule is CCn1c(CN2CC[C@]3(CCCN(CC4CC4)C3=O)C2)nc2ccccc21. The second kappa shape index (κ2) is 6.62. The van der Waals surface area contributed by atoms with Crippen LogP contribution < -0.4 is 0 Å². The first-order valence-electron chi connectivity index (χ1n) is 10.6. The summed E-state index contributed by atoms with van der Waals surface area (Å²) in [6.45, 7) is 7.86. The van der Waals surface area contributed by atoms with Crippen LogP contribution in [-0.2, 0) is 17.9 Å². The standard InChI is InChI=1S/C22H30N4O/c1-2-26-19-7-4-3-6-18(19)23-20(26)15-24-13-11-22(16-24)10-5-12-25(21(22)27)14-17-8-9-17/h3-4,6-7,17H,2,5,8-16H2,1H3/t22-/m1/s1. The molecule has 3 aliphatic rings. The Kier molecular flexibility index (Phi) is 4.23. The van der Waals surface area contributed by atoms with E-state index >= 15 is 0 Å². The van der Waals surface area contributed by atoms with Crippen molar-refractivity contribution < 1.29 is 4.79 Å². The van der Waals surface area contributed by atoms with E-state index < -0.39 is 0 Å². The molecule has 2 aliphatic heterocycles. The predicted octanol–water partition coefficient (Wildman–Crippen LogP) is 3.28. The Hall–Kier alpha value is -1.88. The van der Waals surface area contributed by atoms with Gasteiger partial charge in [-0.25, -0.2) is 4.98 Å². The Bertz CT molecular complexity index is 855. The Morgan fingerprint density at radius 2 is 2.04 bits per heavy atom. The molecule has 0 N–H and O–H groups in total. The van der Waals surface area contributed by atoms with Crippen molar-refractivity contribution in [2.45, 2.75) is 52.1 Å². The van der Waals surface area contributed by atoms with Crippen LogP contribution >= 0.6 is 0 Å². The fraction of sp³-hybridized carbons (Fsp3) is 0.636. The van der Waals surface area contributed by atoms with Crippen LogP contribution in [-0.4, -0.2) is 51.4 Å². The molecule has 0 bridgehead atoms. The van der Waals surface area contributed by atoms with Crippen molar-refractivity contribution in [1.82, 2.24) is 19.4 Å². The second-order valence-electron chi connectivity index (χ2n) is 8.80. The zero-order valence-corrected chi connectivity index (χ0v) is 16.4. The normalized spacial score (nSPS) is 26.6. The van der Waals surface area contributed by atoms with Gasteiger partial charge in [-0.2, -0.15) is 0 Å². The molecular weight excluding hydrogens is 336 g/mol. The van der Waals surface area contributed by atoms with Gasteiger partial charge in [0.15, 0.2) is 0 Å². The fourth-order valence-corrected chi connectivity index (χ4v) is 5.21. The monoisotopic (exact) mass is 366 g/mol. The van der Waals surface area contributed by atoms with Gasteiger partial charge in [0.1, 0.15) is 5.82 Å². The Balaban J connectivity index is 1.33. The molecule has 1 atom stereocenters. The van der Waals surface area contributed by atoms with Crippen LogP contribution in [0.5, 0.6) is 0 Å². The van der Waals surface area contributed by atoms with Gasteiger partial charge in [-0.3, -0.25) is 9.69 Å². The zero-order chi connectivity index (χ0) is 18.4. The third kappa shape index (κ3) is 3.06. The quantitative estimate of drug-likeness (QED) is 0.815. The molecule has 5 rings (SSSR count). The van der Waals surface area contributed by atoms with Crippen molar-refractivity contribution in [3.05, 3.63) is 30.1 Å². The van der Waals surface area contributed by atoms with Crippen molar-refractivity contribution in [3.63, 3.8) is 0 Å². The van der Waals surface area contributed by atoms with Gasteiger partial charge in [-0.15, -0.1) is 0 Å². The molecule has 0 unspecified atom stereocenters. The Labute approximate surface area is 161 Å². The van der Waals surface area contributed by atoms with E-state index in [0.29, 0.717) is 5.91 Å². The van der Waals surface area contributed by atoms with Crippen LogP contribution in [0.25, 0.3) is 11.0 Å². The molecule has 1 amide bonds. The number of piperidine rings is 1. The maximum Gasteiger partial charge on any atom is 0.230 e. The molecule has 1 saturated carbocycles. The molecule has 1 aliphatic carbocycles. The maximum absolute atomic E-state index is 13.3. The van der Waals surface area contributed by atoms with Crippen LogP contribution in [0.2, 0.25) is 0 Å². The van der Waals surface area contributed by atoms with Gasteiger partial charge in [-0.1, -0.05) is 12.1 Å². The fourth-order valence-electron chi connectivity index (χ4n) is 5.21. The van der Waals surface area contributed by atoms with Crippen LogP contribution in [0.4, 0.5) is 0 Å². The summed E-state index contributed by atoms with van der Waals surface area (Å²) in [4.78, 5) is 22.8. The van der Waals surface area contributed by atoms with Crippen molar-refractivity contribution in [2.24, 2.45) is 11.3 Å². The molecule has 3 fully saturated rings. The van der Waals surface area contributed by atoms with E-state index in [2.05, 4.69) is 45.6 Å². The highest BCUT2D eigenvalue weighted by Gasteiger charge is 2.48. The van der Waals surface area contributed by atoms with E-state index in [1.807, 2.05) is 0 Å². The summed E-state index contributed by atoms with van der Waals surface area (Å²) < 4.78 is 2.32. The van der Waals surface area contributed by atoms with Crippen LogP contribution in [0, 0.1) is 11.3 Å². The third-order valence-corrected chi connectivity index (χ3v) is 6.85. The average molecular weight is 367 g/mol. The summed E-state index contributed by atoms with van der Waals surface area (Å²) in [5.41, 5.74) is 2.16. The summed E-state index contributed by atoms with van der Waals surface area (Å²) in [5, 5.41) is 0. The number of aromatic nitrogens is 2. The molecular formula is C22H30N4O. The zero-order valence-electron chi connectivity index (χ0n) is 16.4. The lowest BCUT2D eigenvalue weighted by atomic mass is 9.78. The number of nitrogens with zero attached hydrogens (tertiary/aromatic N) is 4. The van der Waals surface area contributed by atoms with Crippen molar-refractivity contribution >= 4 is 16.9 Å². The summed E-state index contributed by atoms with van der Waals surface area (Å²) >= 11 is 0. The first-order chi connectivity index (χ1) is 13.2. The molecule has 5 nitrogen and oxygen atoms in total. The summed E-state index contributed by atoms with van der Waals surface area (Å²) in [5.74, 6) is 2.35. The number of benzene rings is 1. The highest BCUT2D eigenvalue weighted by atomic mass is 16.2. The lowest BCUT2D eigenvalue weighted by Gasteiger charge is -2.39. The minimum absolute atomic E-state index is 0.129. The number of fused-ring (bicyclic) bond motifs is 1. The molecule has 0 radical (unpaired) electrons. The van der Waals surface area contributed by atoms with Gasteiger partial charge in [0, 0.05) is 26.2 Å². The first kappa shape index (κ1) is 17.2. The van der Waals surface area contributed by atoms with E-state index in [4.69, 9.17) is 4.98 Å². The van der Waals surface area contributed by atoms with Gasteiger partial charge >= 0.3 is 0 Å². The molecule has 144 valence electrons. The Morgan fingerprint density at radius 3 is 2.85 bits per heavy atom. The molecule has 2 saturated heterocycles. The maximum atomic E-state index is 13.3. The number of para-hydroxylation sites is 2. The topological polar surface area (TPSA) is 41.4 Å². The summed E-state index contributed by atoms with van der Waals surface area (Å²) in [6.07, 6.45) is 5.87. The molecule has 1 spiro atoms. The van der Waals surface area contributed by atoms with E-state index in [9.17, 15) is 4.79 Å². The minimum Gasteiger partial charge on any atom is -0.342 e. The number of hydrogen-bond donors (Lipinski definition) is 0. The van der Waals surface area contributed by atoms with Gasteiger partial charge < -0.3 is 9.47 Å². The average Bonchev–Trinajstić information content (AvgIpc) is 3.29. The molecule has 1 aromatic carbocycles. The van der Waals surface area contributed by atoms with Crippen LogP contribution in [0.1, 0.15) is 44.9 Å². The van der Waals surface area contributed by atoms with Gasteiger partial charge in [0.2, 0.25) is 5.91 Å². The minimum atomic E-state index is -0.129. The highest BCUT2D eigenvalue weighted by molar-refractivity contribution is 5.84. The number of aryl methyl sites for hydroxylation is 1. The van der Waals surface area contributed by atoms with E-state index in [-0.39, 0.29) is 5.41 Å². The predicted molar refractivity (Wildman–Crippen MR) is 106 cm³/mol. The number of rotatable bonds is 5. The number of likely N-dealkylation sites (tertiary alicyclic amines) is 2. The highest BCUT2D eigenvalue weighted by Crippen LogP contribution is 2.42. The largest absolute Gasteiger partial charge is 0.342 e. The smallest absolute Gasteiger partial charge is 0.230 e. The number of carbonyl (C=O) groups is 1. The van der Waals surface area contributed by atoms with Crippen LogP contribution in [0.3, 0.4) is 0 Å². The van der Waals surface area contributed by atoms with Crippen molar-refractivity contribution in [2.75, 3.05) is 26.2 Å². The Morgan fingerprint density at radius 1 is 1.19 bits per heavy atom. The number of carbonyl (C=O) groups excluding carboxylic acids is 1. The third-order valence-electron chi connectivity index (χ3n) is 6.85. The van der Waals surface area contributed by atoms with Gasteiger partial charge in [-0.05, 0) is 63.6 Å². The number of amides is 1. The number of hydrogen-bond acceptors (Lipinski definition) is 3. The van der Waals surface area contributed by atoms with Crippen molar-refractivity contribution in [3.8, 4) is 0 Å². The lowest BCUT2D eigenvalue weighted by Crippen LogP contribution is -2.50. The first-order valence-corrected chi connectivity index (χ1v) is 10.6. The summed E-state index contributed by atoms with van der Waals surface area (Å²) in [7, 11) is 0. The van der Waals surface area contributed by atoms with Gasteiger partial charge in [0.05, 0.1) is 23.0 Å². The molecule has 27 heavy (non-hydrogen) atoms. The van der Waals surface area contributed by atoms with Crippen molar-refractivity contribution in [1.29, 1.82) is 0 Å². The van der Waals surface area contributed by atoms with E-state index in [1.54, 1.807) is 0 Å². The van der Waals surface area contributed by atoms with E-state index in [0.717, 1.165) is 69.4 Å². The molecule has 3 heterocycles. The molecule has 5 heteroatoms. The summed E-state index contributed by atoms with van der Waals surface area (Å²) in [6, 6.07) is 8.39. The van der Waals surface area contributed by atoms with E-state index in [1.165, 1.54) is 24.8 Å². The van der Waals surface area contributed by atoms with Crippen LogP contribution in [0.15, 0.2) is 24.3 Å². The van der Waals surface area contributed by atoms with Gasteiger partial charge in [0.25, 0.3) is 0 Å². The second-order valence-corrected chi connectivity index (χ2v) is 8.80. The lowest BCUT2D eigenvalue weighted by molar-refractivity contribution is -0.145.